The molecule has 8 nitrogen and oxygen atoms in total. The van der Waals surface area contributed by atoms with Gasteiger partial charge in [-0.1, -0.05) is 0 Å². The molecule has 1 aliphatic rings. The van der Waals surface area contributed by atoms with Crippen molar-refractivity contribution >= 4 is 11.9 Å². The summed E-state index contributed by atoms with van der Waals surface area (Å²) >= 11 is 0. The lowest BCUT2D eigenvalue weighted by molar-refractivity contribution is 0.183. The standard InChI is InChI=1S/C13H19N7O/c1-9(10-4-7-21-8-10)16-12-17-11(14-2)18-13(19-12)20-6-3-5-15-20/h3,5-6,9-10H,4,7-8H2,1-2H3,(H2,14,16,17,18,19). The number of nitrogens with one attached hydrogen (secondary N) is 2. The Balaban J connectivity index is 1.82. The highest BCUT2D eigenvalue weighted by atomic mass is 16.5. The SMILES string of the molecule is CNc1nc(NC(C)C2CCOC2)nc(-n2cccn2)n1. The van der Waals surface area contributed by atoms with Crippen molar-refractivity contribution in [3.8, 4) is 5.95 Å². The van der Waals surface area contributed by atoms with Crippen molar-refractivity contribution in [2.45, 2.75) is 19.4 Å². The number of ether oxygens (including phenoxy) is 1. The predicted molar refractivity (Wildman–Crippen MR) is 78.5 cm³/mol. The third kappa shape index (κ3) is 3.10. The van der Waals surface area contributed by atoms with E-state index in [1.165, 1.54) is 0 Å². The predicted octanol–water partition coefficient (Wildman–Crippen LogP) is 0.936. The number of nitrogens with zero attached hydrogens (tertiary/aromatic N) is 5. The Kier molecular flexibility index (Phi) is 3.96. The third-order valence-electron chi connectivity index (χ3n) is 3.59. The second-order valence-corrected chi connectivity index (χ2v) is 5.04. The first-order valence-electron chi connectivity index (χ1n) is 7.04. The molecule has 112 valence electrons. The minimum absolute atomic E-state index is 0.241. The van der Waals surface area contributed by atoms with E-state index in [2.05, 4.69) is 37.6 Å². The van der Waals surface area contributed by atoms with Crippen molar-refractivity contribution in [2.24, 2.45) is 5.92 Å². The Bertz CT molecular complexity index is 580. The molecule has 0 bridgehead atoms. The van der Waals surface area contributed by atoms with Crippen LogP contribution < -0.4 is 10.6 Å². The van der Waals surface area contributed by atoms with Crippen LogP contribution in [-0.2, 0) is 4.74 Å². The van der Waals surface area contributed by atoms with Gasteiger partial charge in [-0.05, 0) is 19.4 Å². The monoisotopic (exact) mass is 289 g/mol. The van der Waals surface area contributed by atoms with Crippen LogP contribution in [0.3, 0.4) is 0 Å². The fourth-order valence-corrected chi connectivity index (χ4v) is 2.30. The van der Waals surface area contributed by atoms with E-state index in [1.807, 2.05) is 6.07 Å². The van der Waals surface area contributed by atoms with Gasteiger partial charge in [-0.3, -0.25) is 0 Å². The van der Waals surface area contributed by atoms with Crippen molar-refractivity contribution < 1.29 is 4.74 Å². The van der Waals surface area contributed by atoms with Gasteiger partial charge in [-0.25, -0.2) is 4.68 Å². The molecule has 2 aromatic heterocycles. The van der Waals surface area contributed by atoms with Gasteiger partial charge < -0.3 is 15.4 Å². The lowest BCUT2D eigenvalue weighted by Crippen LogP contribution is -2.27. The molecule has 3 rings (SSSR count). The van der Waals surface area contributed by atoms with Crippen molar-refractivity contribution in [1.29, 1.82) is 0 Å². The summed E-state index contributed by atoms with van der Waals surface area (Å²) in [4.78, 5) is 13.1. The van der Waals surface area contributed by atoms with Crippen molar-refractivity contribution in [2.75, 3.05) is 30.9 Å². The molecular formula is C13H19N7O. The van der Waals surface area contributed by atoms with Crippen LogP contribution in [0.4, 0.5) is 11.9 Å². The van der Waals surface area contributed by atoms with Crippen LogP contribution in [0.25, 0.3) is 5.95 Å². The van der Waals surface area contributed by atoms with Gasteiger partial charge in [-0.2, -0.15) is 20.1 Å². The fraction of sp³-hybridized carbons (Fsp3) is 0.538. The van der Waals surface area contributed by atoms with E-state index in [9.17, 15) is 0 Å². The van der Waals surface area contributed by atoms with Gasteiger partial charge >= 0.3 is 0 Å². The Morgan fingerprint density at radius 1 is 1.33 bits per heavy atom. The first-order valence-corrected chi connectivity index (χ1v) is 7.04. The maximum Gasteiger partial charge on any atom is 0.257 e. The topological polar surface area (TPSA) is 89.8 Å². The molecule has 0 aliphatic carbocycles. The number of hydrogen-bond acceptors (Lipinski definition) is 7. The van der Waals surface area contributed by atoms with E-state index in [4.69, 9.17) is 4.74 Å². The molecule has 21 heavy (non-hydrogen) atoms. The Hall–Kier alpha value is -2.22. The van der Waals surface area contributed by atoms with Gasteiger partial charge in [0.2, 0.25) is 11.9 Å². The summed E-state index contributed by atoms with van der Waals surface area (Å²) in [6.45, 7) is 3.73. The van der Waals surface area contributed by atoms with E-state index < -0.39 is 0 Å². The summed E-state index contributed by atoms with van der Waals surface area (Å²) in [6.07, 6.45) is 4.55. The van der Waals surface area contributed by atoms with E-state index >= 15 is 0 Å². The van der Waals surface area contributed by atoms with Crippen LogP contribution in [0, 0.1) is 5.92 Å². The number of rotatable bonds is 5. The van der Waals surface area contributed by atoms with Crippen molar-refractivity contribution in [1.82, 2.24) is 24.7 Å². The molecule has 2 atom stereocenters. The summed E-state index contributed by atoms with van der Waals surface area (Å²) in [6, 6.07) is 2.07. The molecule has 1 aliphatic heterocycles. The fourth-order valence-electron chi connectivity index (χ4n) is 2.30. The van der Waals surface area contributed by atoms with Crippen molar-refractivity contribution in [3.63, 3.8) is 0 Å². The molecule has 1 saturated heterocycles. The minimum atomic E-state index is 0.241. The molecular weight excluding hydrogens is 270 g/mol. The van der Waals surface area contributed by atoms with E-state index in [0.717, 1.165) is 19.6 Å². The highest BCUT2D eigenvalue weighted by molar-refractivity contribution is 5.38. The van der Waals surface area contributed by atoms with Crippen LogP contribution in [0.15, 0.2) is 18.5 Å². The van der Waals surface area contributed by atoms with Crippen LogP contribution in [0.2, 0.25) is 0 Å². The van der Waals surface area contributed by atoms with E-state index in [0.29, 0.717) is 23.8 Å². The average molecular weight is 289 g/mol. The molecule has 0 saturated carbocycles. The first kappa shape index (κ1) is 13.7. The zero-order valence-corrected chi connectivity index (χ0v) is 12.2. The van der Waals surface area contributed by atoms with Gasteiger partial charge in [0.1, 0.15) is 0 Å². The number of anilines is 2. The Morgan fingerprint density at radius 2 is 2.19 bits per heavy atom. The normalized spacial score (nSPS) is 19.4. The average Bonchev–Trinajstić information content (AvgIpc) is 3.19. The largest absolute Gasteiger partial charge is 0.381 e. The second-order valence-electron chi connectivity index (χ2n) is 5.04. The minimum Gasteiger partial charge on any atom is -0.381 e. The molecule has 2 N–H and O–H groups in total. The highest BCUT2D eigenvalue weighted by Crippen LogP contribution is 2.19. The number of hydrogen-bond donors (Lipinski definition) is 2. The van der Waals surface area contributed by atoms with Gasteiger partial charge in [0.25, 0.3) is 5.95 Å². The molecule has 0 amide bonds. The summed E-state index contributed by atoms with van der Waals surface area (Å²) in [5.74, 6) is 2.01. The van der Waals surface area contributed by atoms with Gasteiger partial charge in [-0.15, -0.1) is 0 Å². The smallest absolute Gasteiger partial charge is 0.257 e. The molecule has 8 heteroatoms. The summed E-state index contributed by atoms with van der Waals surface area (Å²) in [5.41, 5.74) is 0. The Morgan fingerprint density at radius 3 is 2.86 bits per heavy atom. The van der Waals surface area contributed by atoms with Crippen LogP contribution in [0.1, 0.15) is 13.3 Å². The van der Waals surface area contributed by atoms with E-state index in [1.54, 1.807) is 24.1 Å². The van der Waals surface area contributed by atoms with Gasteiger partial charge in [0, 0.05) is 38.0 Å². The van der Waals surface area contributed by atoms with Gasteiger partial charge in [0.15, 0.2) is 0 Å². The van der Waals surface area contributed by atoms with E-state index in [-0.39, 0.29) is 6.04 Å². The molecule has 0 radical (unpaired) electrons. The van der Waals surface area contributed by atoms with Crippen LogP contribution >= 0.6 is 0 Å². The molecule has 0 spiro atoms. The first-order chi connectivity index (χ1) is 10.3. The third-order valence-corrected chi connectivity index (χ3v) is 3.59. The maximum atomic E-state index is 5.42. The molecule has 3 heterocycles. The Labute approximate surface area is 123 Å². The summed E-state index contributed by atoms with van der Waals surface area (Å²) in [7, 11) is 1.78. The summed E-state index contributed by atoms with van der Waals surface area (Å²) < 4.78 is 7.03. The summed E-state index contributed by atoms with van der Waals surface area (Å²) in [5, 5.41) is 10.4. The van der Waals surface area contributed by atoms with Gasteiger partial charge in [0.05, 0.1) is 6.61 Å². The highest BCUT2D eigenvalue weighted by Gasteiger charge is 2.23. The molecule has 1 fully saturated rings. The molecule has 2 unspecified atom stereocenters. The zero-order valence-electron chi connectivity index (χ0n) is 12.2. The maximum absolute atomic E-state index is 5.42. The molecule has 0 aromatic carbocycles. The van der Waals surface area contributed by atoms with Crippen molar-refractivity contribution in [3.05, 3.63) is 18.5 Å². The zero-order chi connectivity index (χ0) is 14.7. The quantitative estimate of drug-likeness (QED) is 0.846. The second kappa shape index (κ2) is 6.04. The van der Waals surface area contributed by atoms with Crippen LogP contribution in [-0.4, -0.2) is 51.0 Å². The van der Waals surface area contributed by atoms with Crippen LogP contribution in [0.5, 0.6) is 0 Å². The number of aromatic nitrogens is 5. The lowest BCUT2D eigenvalue weighted by Gasteiger charge is -2.19. The molecule has 2 aromatic rings. The lowest BCUT2D eigenvalue weighted by atomic mass is 10.0.